The maximum Gasteiger partial charge on any atom is 0.233 e. The molecule has 2 bridgehead atoms. The standard InChI is InChI=1S/C19H21NO3/c1-4-19-15-12-8-11(16(21)17(12)23-19)14(15)18(22)20(19)13-6-5-9(2)7-10(13)3/h4-7,11-12,14-17,21H,1,8H2,2-3H3. The number of aryl methyl sites for hydroxylation is 2. The van der Waals surface area contributed by atoms with Crippen molar-refractivity contribution >= 4 is 11.6 Å². The second-order valence-electron chi connectivity index (χ2n) is 7.61. The van der Waals surface area contributed by atoms with Gasteiger partial charge in [0, 0.05) is 11.6 Å². The molecule has 4 fully saturated rings. The molecule has 7 atom stereocenters. The van der Waals surface area contributed by atoms with Crippen molar-refractivity contribution in [3.8, 4) is 0 Å². The van der Waals surface area contributed by atoms with Crippen molar-refractivity contribution in [2.45, 2.75) is 38.2 Å². The number of fused-ring (bicyclic) bond motifs is 2. The number of carbonyl (C=O) groups is 1. The lowest BCUT2D eigenvalue weighted by Gasteiger charge is -2.37. The van der Waals surface area contributed by atoms with Gasteiger partial charge in [-0.15, -0.1) is 0 Å². The van der Waals surface area contributed by atoms with Crippen molar-refractivity contribution < 1.29 is 14.6 Å². The molecular formula is C19H21NO3. The highest BCUT2D eigenvalue weighted by atomic mass is 16.6. The number of rotatable bonds is 2. The molecule has 2 aliphatic heterocycles. The Balaban J connectivity index is 1.70. The molecule has 1 amide bonds. The van der Waals surface area contributed by atoms with Gasteiger partial charge in [0.2, 0.25) is 5.91 Å². The zero-order valence-corrected chi connectivity index (χ0v) is 13.4. The van der Waals surface area contributed by atoms with Crippen LogP contribution in [-0.2, 0) is 9.53 Å². The normalized spacial score (nSPS) is 46.0. The molecule has 0 aromatic heterocycles. The van der Waals surface area contributed by atoms with E-state index in [2.05, 4.69) is 12.6 Å². The van der Waals surface area contributed by atoms with E-state index < -0.39 is 11.8 Å². The molecule has 2 saturated carbocycles. The van der Waals surface area contributed by atoms with E-state index in [-0.39, 0.29) is 35.7 Å². The van der Waals surface area contributed by atoms with E-state index in [1.807, 2.05) is 30.9 Å². The monoisotopic (exact) mass is 311 g/mol. The Morgan fingerprint density at radius 3 is 2.87 bits per heavy atom. The van der Waals surface area contributed by atoms with Gasteiger partial charge in [0.1, 0.15) is 0 Å². The molecule has 7 unspecified atom stereocenters. The number of aliphatic hydroxyl groups excluding tert-OH is 1. The summed E-state index contributed by atoms with van der Waals surface area (Å²) in [4.78, 5) is 15.1. The first-order valence-electron chi connectivity index (χ1n) is 8.40. The minimum atomic E-state index is -0.788. The van der Waals surface area contributed by atoms with Gasteiger partial charge in [0.25, 0.3) is 0 Å². The fraction of sp³-hybridized carbons (Fsp3) is 0.526. The van der Waals surface area contributed by atoms with Gasteiger partial charge in [-0.25, -0.2) is 0 Å². The number of benzene rings is 1. The Kier molecular flexibility index (Phi) is 2.43. The van der Waals surface area contributed by atoms with Crippen molar-refractivity contribution in [1.29, 1.82) is 0 Å². The Morgan fingerprint density at radius 1 is 1.39 bits per heavy atom. The third-order valence-corrected chi connectivity index (χ3v) is 6.59. The number of nitrogens with zero attached hydrogens (tertiary/aromatic N) is 1. The molecule has 5 rings (SSSR count). The van der Waals surface area contributed by atoms with E-state index >= 15 is 0 Å². The predicted octanol–water partition coefficient (Wildman–Crippen LogP) is 2.17. The number of hydrogen-bond acceptors (Lipinski definition) is 3. The van der Waals surface area contributed by atoms with Crippen molar-refractivity contribution in [2.75, 3.05) is 4.90 Å². The van der Waals surface area contributed by atoms with Gasteiger partial charge in [-0.3, -0.25) is 9.69 Å². The van der Waals surface area contributed by atoms with Crippen LogP contribution in [0.15, 0.2) is 30.9 Å². The van der Waals surface area contributed by atoms with Crippen LogP contribution in [0.2, 0.25) is 0 Å². The van der Waals surface area contributed by atoms with Gasteiger partial charge in [-0.2, -0.15) is 0 Å². The topological polar surface area (TPSA) is 49.8 Å². The first-order valence-corrected chi connectivity index (χ1v) is 8.40. The largest absolute Gasteiger partial charge is 0.390 e. The van der Waals surface area contributed by atoms with Crippen LogP contribution in [0.1, 0.15) is 17.5 Å². The number of hydrogen-bond donors (Lipinski definition) is 1. The molecule has 4 nitrogen and oxygen atoms in total. The highest BCUT2D eigenvalue weighted by Gasteiger charge is 2.77. The molecule has 2 saturated heterocycles. The summed E-state index contributed by atoms with van der Waals surface area (Å²) in [6.07, 6.45) is 2.04. The van der Waals surface area contributed by atoms with Gasteiger partial charge >= 0.3 is 0 Å². The first-order chi connectivity index (χ1) is 11.0. The minimum Gasteiger partial charge on any atom is -0.390 e. The summed E-state index contributed by atoms with van der Waals surface area (Å²) in [5.74, 6) is 0.406. The zero-order valence-electron chi connectivity index (χ0n) is 13.4. The van der Waals surface area contributed by atoms with Crippen LogP contribution in [0.25, 0.3) is 0 Å². The third-order valence-electron chi connectivity index (χ3n) is 6.59. The van der Waals surface area contributed by atoms with Crippen LogP contribution < -0.4 is 4.90 Å². The van der Waals surface area contributed by atoms with E-state index in [4.69, 9.17) is 4.74 Å². The molecule has 1 aromatic carbocycles. The molecule has 4 heteroatoms. The van der Waals surface area contributed by atoms with Gasteiger partial charge in [0.15, 0.2) is 5.72 Å². The average molecular weight is 311 g/mol. The second kappa shape index (κ2) is 4.05. The minimum absolute atomic E-state index is 0.0417. The Labute approximate surface area is 135 Å². The molecule has 1 aromatic rings. The highest BCUT2D eigenvalue weighted by molar-refractivity contribution is 6.01. The first kappa shape index (κ1) is 13.8. The number of anilines is 1. The van der Waals surface area contributed by atoms with Gasteiger partial charge in [-0.05, 0) is 49.8 Å². The average Bonchev–Trinajstić information content (AvgIpc) is 3.17. The lowest BCUT2D eigenvalue weighted by molar-refractivity contribution is -0.130. The van der Waals surface area contributed by atoms with Crippen molar-refractivity contribution in [3.63, 3.8) is 0 Å². The Hall–Kier alpha value is -1.65. The van der Waals surface area contributed by atoms with Crippen LogP contribution in [0.4, 0.5) is 5.69 Å². The molecule has 2 heterocycles. The van der Waals surface area contributed by atoms with E-state index in [0.717, 1.165) is 17.7 Å². The summed E-state index contributed by atoms with van der Waals surface area (Å²) in [5.41, 5.74) is 2.36. The van der Waals surface area contributed by atoms with Gasteiger partial charge < -0.3 is 9.84 Å². The third kappa shape index (κ3) is 1.35. The number of carbonyl (C=O) groups excluding carboxylic acids is 1. The van der Waals surface area contributed by atoms with Crippen molar-refractivity contribution in [3.05, 3.63) is 42.0 Å². The predicted molar refractivity (Wildman–Crippen MR) is 85.8 cm³/mol. The van der Waals surface area contributed by atoms with E-state index in [0.29, 0.717) is 0 Å². The van der Waals surface area contributed by atoms with Crippen LogP contribution in [-0.4, -0.2) is 28.9 Å². The molecule has 23 heavy (non-hydrogen) atoms. The molecule has 0 spiro atoms. The SMILES string of the molecule is C=CC12OC3C(O)C4CC3C1C4C(=O)N2c1ccc(C)cc1C. The molecule has 4 aliphatic rings. The molecule has 0 radical (unpaired) electrons. The fourth-order valence-corrected chi connectivity index (χ4v) is 5.84. The fourth-order valence-electron chi connectivity index (χ4n) is 5.84. The number of ether oxygens (including phenoxy) is 1. The molecular weight excluding hydrogens is 290 g/mol. The maximum absolute atomic E-state index is 13.2. The lowest BCUT2D eigenvalue weighted by atomic mass is 9.77. The summed E-state index contributed by atoms with van der Waals surface area (Å²) in [6, 6.07) is 6.13. The van der Waals surface area contributed by atoms with Gasteiger partial charge in [-0.1, -0.05) is 24.3 Å². The molecule has 2 aliphatic carbocycles. The van der Waals surface area contributed by atoms with Crippen LogP contribution in [0.3, 0.4) is 0 Å². The van der Waals surface area contributed by atoms with E-state index in [9.17, 15) is 9.90 Å². The van der Waals surface area contributed by atoms with Gasteiger partial charge in [0.05, 0.1) is 18.1 Å². The summed E-state index contributed by atoms with van der Waals surface area (Å²) in [7, 11) is 0. The summed E-state index contributed by atoms with van der Waals surface area (Å²) >= 11 is 0. The summed E-state index contributed by atoms with van der Waals surface area (Å²) in [6.45, 7) is 8.09. The van der Waals surface area contributed by atoms with Crippen LogP contribution in [0.5, 0.6) is 0 Å². The van der Waals surface area contributed by atoms with E-state index in [1.165, 1.54) is 5.56 Å². The number of aliphatic hydroxyl groups is 1. The Bertz CT molecular complexity index is 744. The molecule has 120 valence electrons. The maximum atomic E-state index is 13.2. The highest BCUT2D eigenvalue weighted by Crippen LogP contribution is 2.68. The number of amides is 1. The van der Waals surface area contributed by atoms with E-state index in [1.54, 1.807) is 6.08 Å². The van der Waals surface area contributed by atoms with Crippen molar-refractivity contribution in [2.24, 2.45) is 23.7 Å². The quantitative estimate of drug-likeness (QED) is 0.852. The smallest absolute Gasteiger partial charge is 0.233 e. The Morgan fingerprint density at radius 2 is 2.17 bits per heavy atom. The zero-order chi connectivity index (χ0) is 16.1. The summed E-state index contributed by atoms with van der Waals surface area (Å²) < 4.78 is 6.34. The second-order valence-corrected chi connectivity index (χ2v) is 7.61. The van der Waals surface area contributed by atoms with Crippen LogP contribution in [0, 0.1) is 37.5 Å². The molecule has 1 N–H and O–H groups in total. The van der Waals surface area contributed by atoms with Crippen LogP contribution >= 0.6 is 0 Å². The lowest BCUT2D eigenvalue weighted by Crippen LogP contribution is -2.50. The van der Waals surface area contributed by atoms with Crippen molar-refractivity contribution in [1.82, 2.24) is 0 Å². The summed E-state index contributed by atoms with van der Waals surface area (Å²) in [5, 5.41) is 10.5.